The summed E-state index contributed by atoms with van der Waals surface area (Å²) in [4.78, 5) is 36.3. The van der Waals surface area contributed by atoms with Gasteiger partial charge in [0.1, 0.15) is 10.8 Å². The van der Waals surface area contributed by atoms with Crippen LogP contribution in [-0.4, -0.2) is 22.9 Å². The van der Waals surface area contributed by atoms with Gasteiger partial charge in [0.2, 0.25) is 5.91 Å². The van der Waals surface area contributed by atoms with Gasteiger partial charge < -0.3 is 15.7 Å². The van der Waals surface area contributed by atoms with E-state index in [-0.39, 0.29) is 16.8 Å². The Morgan fingerprint density at radius 3 is 2.58 bits per heavy atom. The molecule has 0 unspecified atom stereocenters. The molecule has 3 N–H and O–H groups in total. The number of rotatable bonds is 4. The smallest absolute Gasteiger partial charge is 0.339 e. The molecule has 8 heteroatoms. The Labute approximate surface area is 153 Å². The Morgan fingerprint density at radius 1 is 1.15 bits per heavy atom. The highest BCUT2D eigenvalue weighted by Crippen LogP contribution is 2.38. The molecule has 3 rings (SSSR count). The lowest BCUT2D eigenvalue weighted by Crippen LogP contribution is -2.15. The number of thiophene rings is 1. The van der Waals surface area contributed by atoms with Crippen molar-refractivity contribution in [3.05, 3.63) is 45.6 Å². The molecule has 0 bridgehead atoms. The predicted octanol–water partition coefficient (Wildman–Crippen LogP) is 3.67. The molecule has 6 nitrogen and oxygen atoms in total. The molecule has 136 valence electrons. The summed E-state index contributed by atoms with van der Waals surface area (Å²) in [6, 6.07) is 3.59. The monoisotopic (exact) mass is 376 g/mol. The quantitative estimate of drug-likeness (QED) is 0.759. The fraction of sp³-hybridized carbons (Fsp3) is 0.278. The number of carboxylic acid groups (broad SMARTS) is 1. The van der Waals surface area contributed by atoms with Gasteiger partial charge >= 0.3 is 5.97 Å². The number of aromatic carboxylic acids is 1. The summed E-state index contributed by atoms with van der Waals surface area (Å²) in [5, 5.41) is 14.8. The largest absolute Gasteiger partial charge is 0.478 e. The van der Waals surface area contributed by atoms with Crippen LogP contribution < -0.4 is 10.6 Å². The molecule has 1 aromatic heterocycles. The van der Waals surface area contributed by atoms with Crippen LogP contribution in [0.25, 0.3) is 0 Å². The normalized spacial score (nSPS) is 13.0. The van der Waals surface area contributed by atoms with E-state index in [1.807, 2.05) is 0 Å². The second kappa shape index (κ2) is 7.25. The molecule has 0 radical (unpaired) electrons. The van der Waals surface area contributed by atoms with Gasteiger partial charge in [-0.15, -0.1) is 11.3 Å². The number of carbonyl (C=O) groups is 3. The van der Waals surface area contributed by atoms with Crippen molar-refractivity contribution < 1.29 is 23.9 Å². The number of carbonyl (C=O) groups excluding carboxylic acids is 2. The number of amides is 2. The summed E-state index contributed by atoms with van der Waals surface area (Å²) in [7, 11) is 0. The molecule has 0 fully saturated rings. The number of halogens is 1. The average molecular weight is 376 g/mol. The fourth-order valence-electron chi connectivity index (χ4n) is 3.01. The van der Waals surface area contributed by atoms with Crippen LogP contribution in [0.4, 0.5) is 15.1 Å². The summed E-state index contributed by atoms with van der Waals surface area (Å²) in [6.45, 7) is 1.24. The number of fused-ring (bicyclic) bond motifs is 1. The highest BCUT2D eigenvalue weighted by molar-refractivity contribution is 7.17. The van der Waals surface area contributed by atoms with E-state index >= 15 is 0 Å². The number of carboxylic acids is 1. The predicted molar refractivity (Wildman–Crippen MR) is 96.6 cm³/mol. The second-order valence-corrected chi connectivity index (χ2v) is 7.16. The van der Waals surface area contributed by atoms with E-state index in [0.29, 0.717) is 11.4 Å². The molecule has 0 saturated carbocycles. The third-order valence-electron chi connectivity index (χ3n) is 4.15. The Morgan fingerprint density at radius 2 is 1.88 bits per heavy atom. The lowest BCUT2D eigenvalue weighted by atomic mass is 9.95. The highest BCUT2D eigenvalue weighted by Gasteiger charge is 2.26. The first-order chi connectivity index (χ1) is 12.4. The van der Waals surface area contributed by atoms with Gasteiger partial charge in [-0.1, -0.05) is 0 Å². The van der Waals surface area contributed by atoms with E-state index in [1.54, 1.807) is 0 Å². The molecule has 0 atom stereocenters. The molecular weight excluding hydrogens is 359 g/mol. The van der Waals surface area contributed by atoms with Gasteiger partial charge in [-0.2, -0.15) is 0 Å². The van der Waals surface area contributed by atoms with E-state index in [0.717, 1.165) is 35.8 Å². The number of anilines is 2. The van der Waals surface area contributed by atoms with Gasteiger partial charge in [0.25, 0.3) is 5.91 Å². The van der Waals surface area contributed by atoms with Gasteiger partial charge in [0.15, 0.2) is 0 Å². The first kappa shape index (κ1) is 18.1. The van der Waals surface area contributed by atoms with E-state index in [1.165, 1.54) is 30.4 Å². The molecule has 0 aliphatic heterocycles. The van der Waals surface area contributed by atoms with Gasteiger partial charge in [-0.3, -0.25) is 9.59 Å². The van der Waals surface area contributed by atoms with E-state index in [4.69, 9.17) is 0 Å². The number of nitrogens with one attached hydrogen (secondary N) is 2. The minimum atomic E-state index is -1.07. The zero-order valence-corrected chi connectivity index (χ0v) is 14.8. The lowest BCUT2D eigenvalue weighted by molar-refractivity contribution is -0.114. The Hall–Kier alpha value is -2.74. The molecular formula is C18H17FN2O4S. The minimum Gasteiger partial charge on any atom is -0.478 e. The van der Waals surface area contributed by atoms with Crippen molar-refractivity contribution in [2.24, 2.45) is 0 Å². The van der Waals surface area contributed by atoms with Crippen LogP contribution in [0.5, 0.6) is 0 Å². The van der Waals surface area contributed by atoms with Gasteiger partial charge in [0.05, 0.1) is 11.3 Å². The highest BCUT2D eigenvalue weighted by atomic mass is 32.1. The molecule has 26 heavy (non-hydrogen) atoms. The van der Waals surface area contributed by atoms with Crippen LogP contribution in [0, 0.1) is 5.82 Å². The fourth-order valence-corrected chi connectivity index (χ4v) is 4.28. The maximum absolute atomic E-state index is 13.7. The number of benzene rings is 1. The third kappa shape index (κ3) is 3.60. The van der Waals surface area contributed by atoms with Crippen LogP contribution in [0.1, 0.15) is 50.9 Å². The van der Waals surface area contributed by atoms with Crippen molar-refractivity contribution in [1.82, 2.24) is 0 Å². The second-order valence-electron chi connectivity index (χ2n) is 6.05. The molecule has 2 aromatic rings. The van der Waals surface area contributed by atoms with Crippen LogP contribution in [-0.2, 0) is 17.6 Å². The molecule has 1 aromatic carbocycles. The SMILES string of the molecule is CC(=O)Nc1cc(C(=O)Nc2sc3c(c2C(=O)O)CCCC3)ccc1F. The van der Waals surface area contributed by atoms with Crippen LogP contribution in [0.3, 0.4) is 0 Å². The van der Waals surface area contributed by atoms with Gasteiger partial charge in [0, 0.05) is 17.4 Å². The molecule has 1 aliphatic rings. The molecule has 2 amide bonds. The van der Waals surface area contributed by atoms with Gasteiger partial charge in [-0.05, 0) is 49.4 Å². The zero-order valence-electron chi connectivity index (χ0n) is 14.0. The maximum Gasteiger partial charge on any atom is 0.339 e. The summed E-state index contributed by atoms with van der Waals surface area (Å²) in [5.41, 5.74) is 0.955. The summed E-state index contributed by atoms with van der Waals surface area (Å²) < 4.78 is 13.7. The topological polar surface area (TPSA) is 95.5 Å². The Kier molecular flexibility index (Phi) is 5.03. The first-order valence-electron chi connectivity index (χ1n) is 8.13. The van der Waals surface area contributed by atoms with Crippen molar-refractivity contribution >= 4 is 39.8 Å². The number of aryl methyl sites for hydroxylation is 1. The van der Waals surface area contributed by atoms with Crippen molar-refractivity contribution in [2.45, 2.75) is 32.6 Å². The molecule has 0 saturated heterocycles. The van der Waals surface area contributed by atoms with E-state index in [9.17, 15) is 23.9 Å². The first-order valence-corrected chi connectivity index (χ1v) is 8.94. The van der Waals surface area contributed by atoms with Crippen molar-refractivity contribution in [2.75, 3.05) is 10.6 Å². The molecule has 1 aliphatic carbocycles. The summed E-state index contributed by atoms with van der Waals surface area (Å²) in [5.74, 6) is -2.74. The summed E-state index contributed by atoms with van der Waals surface area (Å²) in [6.07, 6.45) is 3.42. The lowest BCUT2D eigenvalue weighted by Gasteiger charge is -2.11. The van der Waals surface area contributed by atoms with Gasteiger partial charge in [-0.25, -0.2) is 9.18 Å². The summed E-state index contributed by atoms with van der Waals surface area (Å²) >= 11 is 1.27. The zero-order chi connectivity index (χ0) is 18.8. The van der Waals surface area contributed by atoms with Crippen LogP contribution >= 0.6 is 11.3 Å². The number of hydrogen-bond acceptors (Lipinski definition) is 4. The standard InChI is InChI=1S/C18H17FN2O4S/c1-9(22)20-13-8-10(6-7-12(13)19)16(23)21-17-15(18(24)25)11-4-2-3-5-14(11)26-17/h6-8H,2-5H2,1H3,(H,20,22)(H,21,23)(H,24,25). The molecule has 1 heterocycles. The van der Waals surface area contributed by atoms with Crippen molar-refractivity contribution in [1.29, 1.82) is 0 Å². The third-order valence-corrected chi connectivity index (χ3v) is 5.36. The van der Waals surface area contributed by atoms with E-state index in [2.05, 4.69) is 10.6 Å². The molecule has 0 spiro atoms. The Balaban J connectivity index is 1.90. The van der Waals surface area contributed by atoms with E-state index < -0.39 is 23.6 Å². The Bertz CT molecular complexity index is 907. The maximum atomic E-state index is 13.7. The van der Waals surface area contributed by atoms with Crippen LogP contribution in [0.15, 0.2) is 18.2 Å². The van der Waals surface area contributed by atoms with Crippen molar-refractivity contribution in [3.63, 3.8) is 0 Å². The minimum absolute atomic E-state index is 0.103. The van der Waals surface area contributed by atoms with Crippen molar-refractivity contribution in [3.8, 4) is 0 Å². The average Bonchev–Trinajstić information content (AvgIpc) is 2.94. The van der Waals surface area contributed by atoms with Crippen LogP contribution in [0.2, 0.25) is 0 Å². The number of hydrogen-bond donors (Lipinski definition) is 3.